The van der Waals surface area contributed by atoms with E-state index in [4.69, 9.17) is 4.89 Å². The van der Waals surface area contributed by atoms with Gasteiger partial charge in [0.05, 0.1) is 0 Å². The molecule has 6 rings (SSSR count). The lowest BCUT2D eigenvalue weighted by Gasteiger charge is -2.11. The smallest absolute Gasteiger partial charge is 0.144 e. The highest BCUT2D eigenvalue weighted by atomic mass is 17.1. The van der Waals surface area contributed by atoms with Crippen LogP contribution in [0.1, 0.15) is 17.2 Å². The van der Waals surface area contributed by atoms with Crippen molar-refractivity contribution in [3.05, 3.63) is 83.9 Å². The Balaban J connectivity index is 1.97. The fourth-order valence-electron chi connectivity index (χ4n) is 4.55. The van der Waals surface area contributed by atoms with Crippen LogP contribution in [0, 0.1) is 0 Å². The molecule has 0 heterocycles. The molecule has 5 aromatic carbocycles. The Bertz CT molecular complexity index is 1230. The van der Waals surface area contributed by atoms with E-state index in [1.807, 2.05) is 0 Å². The number of fused-ring (bicyclic) bond motifs is 4. The van der Waals surface area contributed by atoms with Gasteiger partial charge < -0.3 is 0 Å². The summed E-state index contributed by atoms with van der Waals surface area (Å²) in [7, 11) is 0. The predicted octanol–water partition coefficient (Wildman–Crippen LogP) is 6.19. The highest BCUT2D eigenvalue weighted by Crippen LogP contribution is 2.48. The molecule has 0 spiro atoms. The minimum atomic E-state index is -0.409. The van der Waals surface area contributed by atoms with Gasteiger partial charge in [-0.25, -0.2) is 4.89 Å². The van der Waals surface area contributed by atoms with Crippen molar-refractivity contribution in [2.75, 3.05) is 0 Å². The molecule has 118 valence electrons. The molecule has 0 amide bonds. The summed E-state index contributed by atoms with van der Waals surface area (Å²) in [5.41, 5.74) is 2.09. The Morgan fingerprint density at radius 2 is 1.12 bits per heavy atom. The highest BCUT2D eigenvalue weighted by Gasteiger charge is 2.29. The quantitative estimate of drug-likeness (QED) is 0.172. The summed E-state index contributed by atoms with van der Waals surface area (Å²) in [5, 5.41) is 19.4. The molecule has 0 atom stereocenters. The van der Waals surface area contributed by atoms with Gasteiger partial charge in [0.2, 0.25) is 0 Å². The molecule has 0 radical (unpaired) electrons. The molecule has 25 heavy (non-hydrogen) atoms. The van der Waals surface area contributed by atoms with Gasteiger partial charge in [0.1, 0.15) is 6.10 Å². The Hall–Kier alpha value is -2.94. The highest BCUT2D eigenvalue weighted by molar-refractivity contribution is 6.30. The first-order valence-electron chi connectivity index (χ1n) is 8.47. The average molecular weight is 322 g/mol. The largest absolute Gasteiger partial charge is 0.251 e. The van der Waals surface area contributed by atoms with E-state index >= 15 is 0 Å². The van der Waals surface area contributed by atoms with Gasteiger partial charge in [0.25, 0.3) is 0 Å². The zero-order valence-electron chi connectivity index (χ0n) is 13.4. The maximum atomic E-state index is 9.53. The Morgan fingerprint density at radius 1 is 0.600 bits per heavy atom. The Kier molecular flexibility index (Phi) is 2.44. The third kappa shape index (κ3) is 1.56. The fraction of sp³-hybridized carbons (Fsp3) is 0.0435. The molecule has 1 aliphatic rings. The first-order chi connectivity index (χ1) is 12.4. The van der Waals surface area contributed by atoms with Gasteiger partial charge >= 0.3 is 0 Å². The van der Waals surface area contributed by atoms with E-state index in [0.29, 0.717) is 0 Å². The molecule has 0 unspecified atom stereocenters. The van der Waals surface area contributed by atoms with Crippen LogP contribution in [0.25, 0.3) is 43.1 Å². The molecular weight excluding hydrogens is 308 g/mol. The van der Waals surface area contributed by atoms with E-state index in [0.717, 1.165) is 11.1 Å². The number of benzene rings is 5. The molecule has 1 N–H and O–H groups in total. The van der Waals surface area contributed by atoms with Crippen LogP contribution in [-0.4, -0.2) is 5.26 Å². The van der Waals surface area contributed by atoms with Crippen LogP contribution in [0.5, 0.6) is 0 Å². The van der Waals surface area contributed by atoms with Crippen molar-refractivity contribution >= 4 is 43.1 Å². The van der Waals surface area contributed by atoms with E-state index in [2.05, 4.69) is 72.8 Å². The topological polar surface area (TPSA) is 29.5 Å². The summed E-state index contributed by atoms with van der Waals surface area (Å²) in [4.78, 5) is 4.88. The lowest BCUT2D eigenvalue weighted by Crippen LogP contribution is -1.98. The molecule has 5 aromatic rings. The average Bonchev–Trinajstić information content (AvgIpc) is 3.00. The molecule has 0 bridgehead atoms. The van der Waals surface area contributed by atoms with Crippen molar-refractivity contribution < 1.29 is 10.1 Å². The molecule has 0 saturated heterocycles. The van der Waals surface area contributed by atoms with E-state index in [-0.39, 0.29) is 0 Å². The minimum absolute atomic E-state index is 0.409. The van der Waals surface area contributed by atoms with Gasteiger partial charge in [-0.15, -0.1) is 0 Å². The molecule has 0 aliphatic heterocycles. The fourth-order valence-corrected chi connectivity index (χ4v) is 4.55. The molecule has 2 nitrogen and oxygen atoms in total. The van der Waals surface area contributed by atoms with Crippen molar-refractivity contribution in [3.8, 4) is 0 Å². The second-order valence-corrected chi connectivity index (χ2v) is 6.77. The SMILES string of the molecule is OOC1c2cccc3c4cc5ccccc5cc4c4cccc1c4c23. The number of hydrogen-bond donors (Lipinski definition) is 1. The summed E-state index contributed by atoms with van der Waals surface area (Å²) in [6.07, 6.45) is -0.409. The van der Waals surface area contributed by atoms with Gasteiger partial charge in [-0.1, -0.05) is 60.7 Å². The third-order valence-corrected chi connectivity index (χ3v) is 5.58. The summed E-state index contributed by atoms with van der Waals surface area (Å²) >= 11 is 0. The van der Waals surface area contributed by atoms with Crippen LogP contribution >= 0.6 is 0 Å². The van der Waals surface area contributed by atoms with Crippen LogP contribution in [0.3, 0.4) is 0 Å². The number of rotatable bonds is 1. The molecule has 0 aromatic heterocycles. The zero-order chi connectivity index (χ0) is 16.5. The maximum Gasteiger partial charge on any atom is 0.144 e. The second kappa shape index (κ2) is 4.57. The summed E-state index contributed by atoms with van der Waals surface area (Å²) < 4.78 is 0. The molecule has 0 fully saturated rings. The van der Waals surface area contributed by atoms with Crippen LogP contribution < -0.4 is 0 Å². The summed E-state index contributed by atoms with van der Waals surface area (Å²) in [6, 6.07) is 25.6. The lowest BCUT2D eigenvalue weighted by atomic mass is 9.92. The van der Waals surface area contributed by atoms with Crippen molar-refractivity contribution in [1.82, 2.24) is 0 Å². The first kappa shape index (κ1) is 13.4. The van der Waals surface area contributed by atoms with Crippen LogP contribution in [-0.2, 0) is 4.89 Å². The minimum Gasteiger partial charge on any atom is -0.251 e. The van der Waals surface area contributed by atoms with Crippen LogP contribution in [0.2, 0.25) is 0 Å². The van der Waals surface area contributed by atoms with Gasteiger partial charge in [0.15, 0.2) is 0 Å². The zero-order valence-corrected chi connectivity index (χ0v) is 13.4. The number of hydrogen-bond acceptors (Lipinski definition) is 2. The van der Waals surface area contributed by atoms with Gasteiger partial charge in [-0.2, -0.15) is 0 Å². The molecule has 0 saturated carbocycles. The maximum absolute atomic E-state index is 9.53. The van der Waals surface area contributed by atoms with E-state index < -0.39 is 6.10 Å². The van der Waals surface area contributed by atoms with Gasteiger partial charge in [-0.3, -0.25) is 5.26 Å². The predicted molar refractivity (Wildman–Crippen MR) is 102 cm³/mol. The normalized spacial score (nSPS) is 13.8. The van der Waals surface area contributed by atoms with Gasteiger partial charge in [-0.05, 0) is 66.3 Å². The second-order valence-electron chi connectivity index (χ2n) is 6.77. The summed E-state index contributed by atoms with van der Waals surface area (Å²) in [6.45, 7) is 0. The third-order valence-electron chi connectivity index (χ3n) is 5.58. The molecule has 2 heteroatoms. The van der Waals surface area contributed by atoms with E-state index in [1.54, 1.807) is 0 Å². The van der Waals surface area contributed by atoms with Crippen molar-refractivity contribution in [2.45, 2.75) is 6.10 Å². The van der Waals surface area contributed by atoms with Crippen molar-refractivity contribution in [2.24, 2.45) is 0 Å². The molecule has 1 aliphatic carbocycles. The van der Waals surface area contributed by atoms with Crippen LogP contribution in [0.4, 0.5) is 0 Å². The monoisotopic (exact) mass is 322 g/mol. The Labute approximate surface area is 143 Å². The standard InChI is InChI=1S/C23H14O2/c24-25-23-17-9-3-7-15-19-11-13-5-1-2-6-14(13)12-20(19)16-8-4-10-18(23)22(16)21(15)17/h1-12,23-24H. The van der Waals surface area contributed by atoms with E-state index in [9.17, 15) is 5.26 Å². The lowest BCUT2D eigenvalue weighted by molar-refractivity contribution is -0.269. The Morgan fingerprint density at radius 3 is 1.60 bits per heavy atom. The first-order valence-corrected chi connectivity index (χ1v) is 8.47. The van der Waals surface area contributed by atoms with Crippen molar-refractivity contribution in [3.63, 3.8) is 0 Å². The van der Waals surface area contributed by atoms with Gasteiger partial charge in [0, 0.05) is 0 Å². The molecular formula is C23H14O2. The van der Waals surface area contributed by atoms with Crippen LogP contribution in [0.15, 0.2) is 72.8 Å². The summed E-state index contributed by atoms with van der Waals surface area (Å²) in [5.74, 6) is 0. The van der Waals surface area contributed by atoms with E-state index in [1.165, 1.54) is 43.1 Å². The van der Waals surface area contributed by atoms with Crippen molar-refractivity contribution in [1.29, 1.82) is 0 Å².